The number of nitrogens with two attached hydrogens (primary N) is 1. The largest absolute Gasteiger partial charge is 0.472 e. The molecule has 0 bridgehead atoms. The van der Waals surface area contributed by atoms with E-state index in [9.17, 15) is 8.78 Å². The Bertz CT molecular complexity index is 251. The van der Waals surface area contributed by atoms with E-state index >= 15 is 0 Å². The van der Waals surface area contributed by atoms with Crippen molar-refractivity contribution in [3.05, 3.63) is 23.9 Å². The molecule has 0 amide bonds. The van der Waals surface area contributed by atoms with Gasteiger partial charge in [0.15, 0.2) is 6.61 Å². The summed E-state index contributed by atoms with van der Waals surface area (Å²) in [6, 6.07) is 3.21. The van der Waals surface area contributed by atoms with Gasteiger partial charge in [0.2, 0.25) is 5.88 Å². The monoisotopic (exact) mass is 188 g/mol. The van der Waals surface area contributed by atoms with Crippen LogP contribution in [0.2, 0.25) is 0 Å². The van der Waals surface area contributed by atoms with Crippen LogP contribution >= 0.6 is 0 Å². The first-order chi connectivity index (χ1) is 6.22. The fraction of sp³-hybridized carbons (Fsp3) is 0.375. The van der Waals surface area contributed by atoms with Gasteiger partial charge in [-0.05, 0) is 5.56 Å². The zero-order valence-electron chi connectivity index (χ0n) is 6.91. The van der Waals surface area contributed by atoms with Crippen LogP contribution in [0.5, 0.6) is 5.88 Å². The molecule has 1 aromatic rings. The van der Waals surface area contributed by atoms with Gasteiger partial charge < -0.3 is 10.5 Å². The number of aromatic nitrogens is 1. The van der Waals surface area contributed by atoms with E-state index in [1.165, 1.54) is 12.3 Å². The van der Waals surface area contributed by atoms with Gasteiger partial charge in [0.05, 0.1) is 0 Å². The van der Waals surface area contributed by atoms with Crippen molar-refractivity contribution in [2.24, 2.45) is 5.73 Å². The fourth-order valence-electron chi connectivity index (χ4n) is 0.765. The maximum absolute atomic E-state index is 11.7. The minimum absolute atomic E-state index is 0.192. The molecule has 0 unspecified atom stereocenters. The third-order valence-corrected chi connectivity index (χ3v) is 1.39. The van der Waals surface area contributed by atoms with Crippen LogP contribution in [0.25, 0.3) is 0 Å². The molecule has 0 saturated carbocycles. The smallest absolute Gasteiger partial charge is 0.272 e. The summed E-state index contributed by atoms with van der Waals surface area (Å²) in [7, 11) is 0. The van der Waals surface area contributed by atoms with Gasteiger partial charge in [0.1, 0.15) is 0 Å². The average molecular weight is 188 g/mol. The van der Waals surface area contributed by atoms with E-state index in [-0.39, 0.29) is 5.88 Å². The molecule has 0 saturated heterocycles. The zero-order valence-corrected chi connectivity index (χ0v) is 6.91. The molecule has 0 atom stereocenters. The van der Waals surface area contributed by atoms with Gasteiger partial charge in [0.25, 0.3) is 6.43 Å². The van der Waals surface area contributed by atoms with Crippen molar-refractivity contribution in [3.8, 4) is 5.88 Å². The quantitative estimate of drug-likeness (QED) is 0.771. The van der Waals surface area contributed by atoms with Gasteiger partial charge >= 0.3 is 0 Å². The highest BCUT2D eigenvalue weighted by molar-refractivity contribution is 5.17. The number of rotatable bonds is 4. The predicted molar refractivity (Wildman–Crippen MR) is 43.6 cm³/mol. The number of nitrogens with zero attached hydrogens (tertiary/aromatic N) is 1. The summed E-state index contributed by atoms with van der Waals surface area (Å²) < 4.78 is 28.1. The highest BCUT2D eigenvalue weighted by Crippen LogP contribution is 2.08. The predicted octanol–water partition coefficient (Wildman–Crippen LogP) is 1.18. The Morgan fingerprint density at radius 3 is 2.69 bits per heavy atom. The Labute approximate surface area is 74.5 Å². The topological polar surface area (TPSA) is 48.1 Å². The molecule has 0 aliphatic rings. The van der Waals surface area contributed by atoms with Gasteiger partial charge in [-0.25, -0.2) is 13.8 Å². The molecule has 2 N–H and O–H groups in total. The third kappa shape index (κ3) is 3.33. The van der Waals surface area contributed by atoms with Crippen LogP contribution in [0.15, 0.2) is 18.3 Å². The molecule has 0 aliphatic heterocycles. The SMILES string of the molecule is NCc1ccc(OCC(F)F)nc1. The van der Waals surface area contributed by atoms with Crippen LogP contribution in [0.3, 0.4) is 0 Å². The standard InChI is InChI=1S/C8H10F2N2O/c9-7(10)5-13-8-2-1-6(3-11)4-12-8/h1-2,4,7H,3,5,11H2. The summed E-state index contributed by atoms with van der Waals surface area (Å²) in [5.41, 5.74) is 6.16. The second kappa shape index (κ2) is 4.71. The van der Waals surface area contributed by atoms with E-state index in [1.54, 1.807) is 6.07 Å². The summed E-state index contributed by atoms with van der Waals surface area (Å²) in [5.74, 6) is 0.192. The first-order valence-electron chi connectivity index (χ1n) is 3.78. The lowest BCUT2D eigenvalue weighted by molar-refractivity contribution is 0.0796. The summed E-state index contributed by atoms with van der Waals surface area (Å²) in [6.07, 6.45) is -0.975. The molecule has 13 heavy (non-hydrogen) atoms. The molecule has 5 heteroatoms. The molecule has 0 aliphatic carbocycles. The lowest BCUT2D eigenvalue weighted by Gasteiger charge is -2.04. The minimum atomic E-state index is -2.48. The molecule has 0 radical (unpaired) electrons. The van der Waals surface area contributed by atoms with Gasteiger partial charge in [-0.15, -0.1) is 0 Å². The average Bonchev–Trinajstić information content (AvgIpc) is 2.15. The third-order valence-electron chi connectivity index (χ3n) is 1.39. The highest BCUT2D eigenvalue weighted by Gasteiger charge is 2.03. The van der Waals surface area contributed by atoms with Crippen LogP contribution < -0.4 is 10.5 Å². The maximum Gasteiger partial charge on any atom is 0.272 e. The summed E-state index contributed by atoms with van der Waals surface area (Å²) in [5, 5.41) is 0. The lowest BCUT2D eigenvalue weighted by Crippen LogP contribution is -2.08. The highest BCUT2D eigenvalue weighted by atomic mass is 19.3. The van der Waals surface area contributed by atoms with E-state index in [0.717, 1.165) is 5.56 Å². The van der Waals surface area contributed by atoms with E-state index in [0.29, 0.717) is 6.54 Å². The Kier molecular flexibility index (Phi) is 3.57. The lowest BCUT2D eigenvalue weighted by atomic mass is 10.3. The fourth-order valence-corrected chi connectivity index (χ4v) is 0.765. The van der Waals surface area contributed by atoms with E-state index in [4.69, 9.17) is 5.73 Å². The normalized spacial score (nSPS) is 10.5. The number of alkyl halides is 2. The van der Waals surface area contributed by atoms with Crippen molar-refractivity contribution in [3.63, 3.8) is 0 Å². The van der Waals surface area contributed by atoms with Crippen molar-refractivity contribution >= 4 is 0 Å². The molecule has 3 nitrogen and oxygen atoms in total. The Morgan fingerprint density at radius 2 is 2.23 bits per heavy atom. The second-order valence-corrected chi connectivity index (χ2v) is 2.41. The van der Waals surface area contributed by atoms with Crippen LogP contribution in [-0.4, -0.2) is 18.0 Å². The molecule has 1 aromatic heterocycles. The molecule has 0 aromatic carbocycles. The first-order valence-corrected chi connectivity index (χ1v) is 3.78. The van der Waals surface area contributed by atoms with E-state index < -0.39 is 13.0 Å². The number of hydrogen-bond donors (Lipinski definition) is 1. The van der Waals surface area contributed by atoms with Crippen LogP contribution in [-0.2, 0) is 6.54 Å². The molecular formula is C8H10F2N2O. The molecule has 1 heterocycles. The number of pyridine rings is 1. The molecule has 1 rings (SSSR count). The zero-order chi connectivity index (χ0) is 9.68. The Morgan fingerprint density at radius 1 is 1.46 bits per heavy atom. The summed E-state index contributed by atoms with van der Waals surface area (Å²) >= 11 is 0. The van der Waals surface area contributed by atoms with Crippen LogP contribution in [0, 0.1) is 0 Å². The number of hydrogen-bond acceptors (Lipinski definition) is 3. The number of halogens is 2. The van der Waals surface area contributed by atoms with E-state index in [1.807, 2.05) is 0 Å². The van der Waals surface area contributed by atoms with Crippen LogP contribution in [0.4, 0.5) is 8.78 Å². The van der Waals surface area contributed by atoms with Gasteiger partial charge in [-0.1, -0.05) is 6.07 Å². The van der Waals surface area contributed by atoms with Crippen molar-refractivity contribution in [2.45, 2.75) is 13.0 Å². The van der Waals surface area contributed by atoms with Gasteiger partial charge in [-0.3, -0.25) is 0 Å². The van der Waals surface area contributed by atoms with Crippen LogP contribution in [0.1, 0.15) is 5.56 Å². The summed E-state index contributed by atoms with van der Waals surface area (Å²) in [6.45, 7) is -0.253. The molecular weight excluding hydrogens is 178 g/mol. The van der Waals surface area contributed by atoms with Crippen molar-refractivity contribution in [2.75, 3.05) is 6.61 Å². The molecule has 72 valence electrons. The van der Waals surface area contributed by atoms with Crippen molar-refractivity contribution in [1.29, 1.82) is 0 Å². The number of ether oxygens (including phenoxy) is 1. The van der Waals surface area contributed by atoms with Gasteiger partial charge in [-0.2, -0.15) is 0 Å². The molecule has 0 spiro atoms. The Hall–Kier alpha value is -1.23. The first kappa shape index (κ1) is 9.85. The second-order valence-electron chi connectivity index (χ2n) is 2.41. The minimum Gasteiger partial charge on any atom is -0.472 e. The maximum atomic E-state index is 11.7. The van der Waals surface area contributed by atoms with E-state index in [2.05, 4.69) is 9.72 Å². The van der Waals surface area contributed by atoms with Crippen molar-refractivity contribution < 1.29 is 13.5 Å². The summed E-state index contributed by atoms with van der Waals surface area (Å²) in [4.78, 5) is 3.79. The van der Waals surface area contributed by atoms with Gasteiger partial charge in [0, 0.05) is 18.8 Å². The Balaban J connectivity index is 2.49. The van der Waals surface area contributed by atoms with Crippen molar-refractivity contribution in [1.82, 2.24) is 4.98 Å². The molecule has 0 fully saturated rings.